The van der Waals surface area contributed by atoms with Crippen LogP contribution in [0.5, 0.6) is 0 Å². The summed E-state index contributed by atoms with van der Waals surface area (Å²) in [4.78, 5) is 12.5. The van der Waals surface area contributed by atoms with Crippen molar-refractivity contribution in [2.45, 2.75) is 13.3 Å². The first kappa shape index (κ1) is 12.5. The fourth-order valence-corrected chi connectivity index (χ4v) is 1.58. The van der Waals surface area contributed by atoms with Crippen LogP contribution in [-0.4, -0.2) is 30.7 Å². The monoisotopic (exact) mass is 222 g/mol. The largest absolute Gasteiger partial charge is 0.481 e. The maximum Gasteiger partial charge on any atom is 0.305 e. The zero-order valence-corrected chi connectivity index (χ0v) is 9.52. The standard InChI is InChI=1S/C12H18N2O2/c1-10-3-2-4-11(9-10)14(8-6-13)7-5-12(15)16/h2-4,9H,5-8,13H2,1H3,(H,15,16). The van der Waals surface area contributed by atoms with E-state index in [0.717, 1.165) is 11.3 Å². The fraction of sp³-hybridized carbons (Fsp3) is 0.417. The molecule has 0 heterocycles. The highest BCUT2D eigenvalue weighted by atomic mass is 16.4. The number of carboxylic acid groups (broad SMARTS) is 1. The van der Waals surface area contributed by atoms with Gasteiger partial charge in [0.1, 0.15) is 0 Å². The summed E-state index contributed by atoms with van der Waals surface area (Å²) in [5.74, 6) is -0.783. The molecular weight excluding hydrogens is 204 g/mol. The number of carboxylic acids is 1. The van der Waals surface area contributed by atoms with Gasteiger partial charge >= 0.3 is 5.97 Å². The molecule has 0 radical (unpaired) electrons. The van der Waals surface area contributed by atoms with Crippen LogP contribution in [0.25, 0.3) is 0 Å². The van der Waals surface area contributed by atoms with Crippen LogP contribution < -0.4 is 10.6 Å². The zero-order chi connectivity index (χ0) is 12.0. The average molecular weight is 222 g/mol. The maximum absolute atomic E-state index is 10.5. The fourth-order valence-electron chi connectivity index (χ4n) is 1.58. The lowest BCUT2D eigenvalue weighted by Crippen LogP contribution is -2.31. The third-order valence-electron chi connectivity index (χ3n) is 2.36. The Bertz CT molecular complexity index is 353. The van der Waals surface area contributed by atoms with Crippen molar-refractivity contribution in [3.8, 4) is 0 Å². The van der Waals surface area contributed by atoms with E-state index in [1.165, 1.54) is 0 Å². The van der Waals surface area contributed by atoms with E-state index in [9.17, 15) is 4.79 Å². The predicted octanol–water partition coefficient (Wildman–Crippen LogP) is 1.23. The second-order valence-electron chi connectivity index (χ2n) is 3.76. The van der Waals surface area contributed by atoms with Crippen LogP contribution in [0.3, 0.4) is 0 Å². The summed E-state index contributed by atoms with van der Waals surface area (Å²) in [5.41, 5.74) is 7.72. The lowest BCUT2D eigenvalue weighted by Gasteiger charge is -2.23. The predicted molar refractivity (Wildman–Crippen MR) is 64.7 cm³/mol. The molecular formula is C12H18N2O2. The van der Waals surface area contributed by atoms with Gasteiger partial charge in [0, 0.05) is 25.3 Å². The molecule has 0 aromatic heterocycles. The van der Waals surface area contributed by atoms with Gasteiger partial charge < -0.3 is 15.7 Å². The highest BCUT2D eigenvalue weighted by Gasteiger charge is 2.07. The highest BCUT2D eigenvalue weighted by molar-refractivity contribution is 5.67. The topological polar surface area (TPSA) is 66.6 Å². The summed E-state index contributed by atoms with van der Waals surface area (Å²) in [6, 6.07) is 8.00. The van der Waals surface area contributed by atoms with E-state index in [4.69, 9.17) is 10.8 Å². The number of anilines is 1. The van der Waals surface area contributed by atoms with Gasteiger partial charge in [-0.05, 0) is 24.6 Å². The van der Waals surface area contributed by atoms with Crippen molar-refractivity contribution >= 4 is 11.7 Å². The molecule has 4 nitrogen and oxygen atoms in total. The Morgan fingerprint density at radius 1 is 1.44 bits per heavy atom. The van der Waals surface area contributed by atoms with Crippen LogP contribution >= 0.6 is 0 Å². The first-order chi connectivity index (χ1) is 7.63. The number of hydrogen-bond acceptors (Lipinski definition) is 3. The molecule has 0 unspecified atom stereocenters. The second-order valence-corrected chi connectivity index (χ2v) is 3.76. The summed E-state index contributed by atoms with van der Waals surface area (Å²) in [5, 5.41) is 8.67. The third-order valence-corrected chi connectivity index (χ3v) is 2.36. The number of nitrogens with zero attached hydrogens (tertiary/aromatic N) is 1. The van der Waals surface area contributed by atoms with Crippen LogP contribution in [0.4, 0.5) is 5.69 Å². The Morgan fingerprint density at radius 3 is 2.75 bits per heavy atom. The smallest absolute Gasteiger partial charge is 0.305 e. The van der Waals surface area contributed by atoms with E-state index in [2.05, 4.69) is 0 Å². The van der Waals surface area contributed by atoms with Crippen molar-refractivity contribution in [1.29, 1.82) is 0 Å². The van der Waals surface area contributed by atoms with E-state index in [-0.39, 0.29) is 6.42 Å². The van der Waals surface area contributed by atoms with Crippen molar-refractivity contribution in [2.75, 3.05) is 24.5 Å². The van der Waals surface area contributed by atoms with Crippen molar-refractivity contribution in [1.82, 2.24) is 0 Å². The van der Waals surface area contributed by atoms with Gasteiger partial charge in [-0.1, -0.05) is 12.1 Å². The molecule has 0 bridgehead atoms. The van der Waals surface area contributed by atoms with Gasteiger partial charge in [0.15, 0.2) is 0 Å². The molecule has 0 aliphatic rings. The zero-order valence-electron chi connectivity index (χ0n) is 9.52. The molecule has 4 heteroatoms. The lowest BCUT2D eigenvalue weighted by molar-refractivity contribution is -0.136. The molecule has 0 spiro atoms. The van der Waals surface area contributed by atoms with Crippen LogP contribution in [0.15, 0.2) is 24.3 Å². The summed E-state index contributed by atoms with van der Waals surface area (Å²) in [6.07, 6.45) is 0.133. The molecule has 1 rings (SSSR count). The third kappa shape index (κ3) is 3.90. The van der Waals surface area contributed by atoms with Gasteiger partial charge in [-0.2, -0.15) is 0 Å². The molecule has 3 N–H and O–H groups in total. The summed E-state index contributed by atoms with van der Waals surface area (Å²) in [6.45, 7) is 3.71. The van der Waals surface area contributed by atoms with Crippen molar-refractivity contribution in [2.24, 2.45) is 5.73 Å². The van der Waals surface area contributed by atoms with E-state index in [0.29, 0.717) is 19.6 Å². The van der Waals surface area contributed by atoms with Crippen molar-refractivity contribution in [3.05, 3.63) is 29.8 Å². The first-order valence-corrected chi connectivity index (χ1v) is 5.37. The number of rotatable bonds is 6. The molecule has 0 atom stereocenters. The lowest BCUT2D eigenvalue weighted by atomic mass is 10.2. The average Bonchev–Trinajstić information content (AvgIpc) is 2.24. The minimum atomic E-state index is -0.783. The van der Waals surface area contributed by atoms with E-state index in [1.54, 1.807) is 0 Å². The Morgan fingerprint density at radius 2 is 2.19 bits per heavy atom. The second kappa shape index (κ2) is 6.12. The van der Waals surface area contributed by atoms with Gasteiger partial charge in [0.25, 0.3) is 0 Å². The van der Waals surface area contributed by atoms with E-state index < -0.39 is 5.97 Å². The first-order valence-electron chi connectivity index (χ1n) is 5.37. The van der Waals surface area contributed by atoms with Gasteiger partial charge in [-0.25, -0.2) is 0 Å². The summed E-state index contributed by atoms with van der Waals surface area (Å²) in [7, 11) is 0. The Kier molecular flexibility index (Phi) is 4.79. The Labute approximate surface area is 95.7 Å². The van der Waals surface area contributed by atoms with Gasteiger partial charge in [0.2, 0.25) is 0 Å². The molecule has 0 aliphatic carbocycles. The quantitative estimate of drug-likeness (QED) is 0.760. The molecule has 88 valence electrons. The molecule has 0 aliphatic heterocycles. The van der Waals surface area contributed by atoms with Crippen LogP contribution in [0, 0.1) is 6.92 Å². The molecule has 0 amide bonds. The number of aliphatic carboxylic acids is 1. The molecule has 16 heavy (non-hydrogen) atoms. The Balaban J connectivity index is 2.72. The maximum atomic E-state index is 10.5. The Hall–Kier alpha value is -1.55. The molecule has 0 saturated carbocycles. The minimum absolute atomic E-state index is 0.133. The van der Waals surface area contributed by atoms with Crippen LogP contribution in [0.2, 0.25) is 0 Å². The van der Waals surface area contributed by atoms with Crippen LogP contribution in [-0.2, 0) is 4.79 Å². The minimum Gasteiger partial charge on any atom is -0.481 e. The van der Waals surface area contributed by atoms with E-state index >= 15 is 0 Å². The van der Waals surface area contributed by atoms with Gasteiger partial charge in [-0.15, -0.1) is 0 Å². The number of benzene rings is 1. The molecule has 0 fully saturated rings. The SMILES string of the molecule is Cc1cccc(N(CCN)CCC(=O)O)c1. The number of hydrogen-bond donors (Lipinski definition) is 2. The van der Waals surface area contributed by atoms with Gasteiger partial charge in [-0.3, -0.25) is 4.79 Å². The molecule has 1 aromatic rings. The summed E-state index contributed by atoms with van der Waals surface area (Å²) >= 11 is 0. The number of aryl methyl sites for hydroxylation is 1. The van der Waals surface area contributed by atoms with Gasteiger partial charge in [0.05, 0.1) is 6.42 Å². The van der Waals surface area contributed by atoms with Crippen molar-refractivity contribution in [3.63, 3.8) is 0 Å². The van der Waals surface area contributed by atoms with Crippen molar-refractivity contribution < 1.29 is 9.90 Å². The molecule has 1 aromatic carbocycles. The molecule has 0 saturated heterocycles. The van der Waals surface area contributed by atoms with Crippen LogP contribution in [0.1, 0.15) is 12.0 Å². The van der Waals surface area contributed by atoms with E-state index in [1.807, 2.05) is 36.1 Å². The normalized spacial score (nSPS) is 10.1. The summed E-state index contributed by atoms with van der Waals surface area (Å²) < 4.78 is 0. The number of nitrogens with two attached hydrogens (primary N) is 1. The number of carbonyl (C=O) groups is 1. The highest BCUT2D eigenvalue weighted by Crippen LogP contribution is 2.15.